The number of rotatable bonds is 5. The topological polar surface area (TPSA) is 75.6 Å². The van der Waals surface area contributed by atoms with E-state index >= 15 is 0 Å². The van der Waals surface area contributed by atoms with Gasteiger partial charge in [0.2, 0.25) is 0 Å². The van der Waals surface area contributed by atoms with Crippen LogP contribution in [0.3, 0.4) is 0 Å². The van der Waals surface area contributed by atoms with Crippen molar-refractivity contribution in [3.63, 3.8) is 0 Å². The van der Waals surface area contributed by atoms with Crippen LogP contribution < -0.4 is 5.32 Å². The minimum Gasteiger partial charge on any atom is -0.481 e. The van der Waals surface area contributed by atoms with Crippen LogP contribution in [0.25, 0.3) is 0 Å². The number of carbonyl (C=O) groups excluding carboxylic acids is 1. The van der Waals surface area contributed by atoms with E-state index in [1.165, 1.54) is 0 Å². The molecule has 5 heteroatoms. The molecule has 0 aliphatic rings. The third kappa shape index (κ3) is 8.08. The minimum atomic E-state index is -0.922. The fourth-order valence-electron chi connectivity index (χ4n) is 1.26. The van der Waals surface area contributed by atoms with E-state index in [4.69, 9.17) is 9.84 Å². The quantitative estimate of drug-likeness (QED) is 0.760. The van der Waals surface area contributed by atoms with Gasteiger partial charge < -0.3 is 15.2 Å². The Hall–Kier alpha value is -1.26. The van der Waals surface area contributed by atoms with Gasteiger partial charge in [0.05, 0.1) is 6.42 Å². The summed E-state index contributed by atoms with van der Waals surface area (Å²) < 4.78 is 5.05. The number of ether oxygens (including phenoxy) is 1. The summed E-state index contributed by atoms with van der Waals surface area (Å²) in [7, 11) is 0. The van der Waals surface area contributed by atoms with Crippen LogP contribution in [0.2, 0.25) is 0 Å². The maximum absolute atomic E-state index is 11.4. The Kier molecular flexibility index (Phi) is 5.85. The molecule has 0 aromatic rings. The molecular weight excluding hydrogens is 210 g/mol. The lowest BCUT2D eigenvalue weighted by Crippen LogP contribution is -2.40. The van der Waals surface area contributed by atoms with Crippen LogP contribution >= 0.6 is 0 Å². The zero-order valence-corrected chi connectivity index (χ0v) is 10.4. The van der Waals surface area contributed by atoms with Crippen LogP contribution in [-0.2, 0) is 9.53 Å². The standard InChI is InChI=1S/C11H21NO4/c1-5-6-8(7-9(13)14)12-10(15)16-11(2,3)4/h8H,5-7H2,1-4H3,(H,12,15)(H,13,14)/t8-/m0/s1. The van der Waals surface area contributed by atoms with E-state index in [9.17, 15) is 9.59 Å². The maximum Gasteiger partial charge on any atom is 0.407 e. The van der Waals surface area contributed by atoms with Gasteiger partial charge >= 0.3 is 12.1 Å². The molecule has 0 aromatic carbocycles. The number of nitrogens with one attached hydrogen (secondary N) is 1. The lowest BCUT2D eigenvalue weighted by molar-refractivity contribution is -0.137. The second-order valence-electron chi connectivity index (χ2n) is 4.73. The monoisotopic (exact) mass is 231 g/mol. The molecule has 0 aliphatic heterocycles. The first kappa shape index (κ1) is 14.7. The summed E-state index contributed by atoms with van der Waals surface area (Å²) in [6.07, 6.45) is 0.805. The highest BCUT2D eigenvalue weighted by Gasteiger charge is 2.20. The third-order valence-electron chi connectivity index (χ3n) is 1.78. The van der Waals surface area contributed by atoms with Crippen molar-refractivity contribution in [1.29, 1.82) is 0 Å². The van der Waals surface area contributed by atoms with E-state index in [1.54, 1.807) is 20.8 Å². The Morgan fingerprint density at radius 2 is 1.94 bits per heavy atom. The molecule has 0 aromatic heterocycles. The molecule has 0 saturated carbocycles. The highest BCUT2D eigenvalue weighted by molar-refractivity contribution is 5.71. The first-order valence-corrected chi connectivity index (χ1v) is 5.46. The summed E-state index contributed by atoms with van der Waals surface area (Å²) >= 11 is 0. The maximum atomic E-state index is 11.4. The van der Waals surface area contributed by atoms with Crippen LogP contribution in [0, 0.1) is 0 Å². The summed E-state index contributed by atoms with van der Waals surface area (Å²) in [5.41, 5.74) is -0.565. The molecule has 94 valence electrons. The van der Waals surface area contributed by atoms with Gasteiger partial charge in [-0.3, -0.25) is 4.79 Å². The van der Waals surface area contributed by atoms with Crippen molar-refractivity contribution in [2.45, 2.75) is 58.6 Å². The van der Waals surface area contributed by atoms with Gasteiger partial charge in [0, 0.05) is 6.04 Å². The molecule has 0 bridgehead atoms. The van der Waals surface area contributed by atoms with Gasteiger partial charge in [-0.25, -0.2) is 4.79 Å². The number of hydrogen-bond acceptors (Lipinski definition) is 3. The van der Waals surface area contributed by atoms with E-state index in [-0.39, 0.29) is 12.5 Å². The largest absolute Gasteiger partial charge is 0.481 e. The Morgan fingerprint density at radius 3 is 2.31 bits per heavy atom. The van der Waals surface area contributed by atoms with Crippen LogP contribution in [0.15, 0.2) is 0 Å². The number of alkyl carbamates (subject to hydrolysis) is 1. The molecule has 0 aliphatic carbocycles. The first-order valence-electron chi connectivity index (χ1n) is 5.46. The van der Waals surface area contributed by atoms with E-state index in [2.05, 4.69) is 5.32 Å². The third-order valence-corrected chi connectivity index (χ3v) is 1.78. The smallest absolute Gasteiger partial charge is 0.407 e. The van der Waals surface area contributed by atoms with Gasteiger partial charge in [0.25, 0.3) is 0 Å². The molecule has 0 heterocycles. The normalized spacial score (nSPS) is 13.0. The Labute approximate surface area is 96.2 Å². The van der Waals surface area contributed by atoms with Gasteiger partial charge in [-0.1, -0.05) is 13.3 Å². The fraction of sp³-hybridized carbons (Fsp3) is 0.818. The summed E-state index contributed by atoms with van der Waals surface area (Å²) in [6, 6.07) is -0.364. The van der Waals surface area contributed by atoms with Crippen LogP contribution in [-0.4, -0.2) is 28.8 Å². The van der Waals surface area contributed by atoms with E-state index in [1.807, 2.05) is 6.92 Å². The summed E-state index contributed by atoms with van der Waals surface area (Å²) in [5.74, 6) is -0.922. The lowest BCUT2D eigenvalue weighted by atomic mass is 10.1. The van der Waals surface area contributed by atoms with Gasteiger partial charge in [0.1, 0.15) is 5.60 Å². The van der Waals surface area contributed by atoms with Gasteiger partial charge in [0.15, 0.2) is 0 Å². The van der Waals surface area contributed by atoms with Crippen molar-refractivity contribution in [2.75, 3.05) is 0 Å². The Balaban J connectivity index is 4.17. The van der Waals surface area contributed by atoms with Gasteiger partial charge in [-0.05, 0) is 27.2 Å². The van der Waals surface area contributed by atoms with Crippen molar-refractivity contribution < 1.29 is 19.4 Å². The van der Waals surface area contributed by atoms with Crippen molar-refractivity contribution in [2.24, 2.45) is 0 Å². The molecule has 5 nitrogen and oxygen atoms in total. The number of amides is 1. The van der Waals surface area contributed by atoms with Crippen LogP contribution in [0.4, 0.5) is 4.79 Å². The highest BCUT2D eigenvalue weighted by atomic mass is 16.6. The number of aliphatic carboxylic acids is 1. The van der Waals surface area contributed by atoms with Crippen LogP contribution in [0.5, 0.6) is 0 Å². The van der Waals surface area contributed by atoms with Crippen molar-refractivity contribution >= 4 is 12.1 Å². The second-order valence-corrected chi connectivity index (χ2v) is 4.73. The number of carbonyl (C=O) groups is 2. The lowest BCUT2D eigenvalue weighted by Gasteiger charge is -2.22. The Morgan fingerprint density at radius 1 is 1.38 bits per heavy atom. The molecule has 0 saturated heterocycles. The highest BCUT2D eigenvalue weighted by Crippen LogP contribution is 2.08. The molecule has 0 unspecified atom stereocenters. The molecule has 0 spiro atoms. The fourth-order valence-corrected chi connectivity index (χ4v) is 1.26. The summed E-state index contributed by atoms with van der Waals surface area (Å²) in [4.78, 5) is 22.0. The zero-order chi connectivity index (χ0) is 12.8. The second kappa shape index (κ2) is 6.35. The van der Waals surface area contributed by atoms with E-state index in [0.717, 1.165) is 6.42 Å². The molecule has 0 rings (SSSR count). The van der Waals surface area contributed by atoms with Crippen LogP contribution in [0.1, 0.15) is 47.0 Å². The summed E-state index contributed by atoms with van der Waals surface area (Å²) in [6.45, 7) is 7.22. The average molecular weight is 231 g/mol. The number of carboxylic acid groups (broad SMARTS) is 1. The molecule has 0 fully saturated rings. The molecule has 0 radical (unpaired) electrons. The van der Waals surface area contributed by atoms with Gasteiger partial charge in [-0.2, -0.15) is 0 Å². The van der Waals surface area contributed by atoms with E-state index in [0.29, 0.717) is 6.42 Å². The zero-order valence-electron chi connectivity index (χ0n) is 10.4. The minimum absolute atomic E-state index is 0.0763. The van der Waals surface area contributed by atoms with Crippen molar-refractivity contribution in [3.05, 3.63) is 0 Å². The molecular formula is C11H21NO4. The average Bonchev–Trinajstić information content (AvgIpc) is 1.98. The first-order chi connectivity index (χ1) is 7.24. The predicted molar refractivity (Wildman–Crippen MR) is 60.3 cm³/mol. The van der Waals surface area contributed by atoms with Gasteiger partial charge in [-0.15, -0.1) is 0 Å². The van der Waals surface area contributed by atoms with Crippen molar-refractivity contribution in [3.8, 4) is 0 Å². The molecule has 2 N–H and O–H groups in total. The van der Waals surface area contributed by atoms with E-state index < -0.39 is 17.7 Å². The molecule has 16 heavy (non-hydrogen) atoms. The molecule has 1 atom stereocenters. The number of hydrogen-bond donors (Lipinski definition) is 2. The SMILES string of the molecule is CCC[C@@H](CC(=O)O)NC(=O)OC(C)(C)C. The number of carboxylic acids is 1. The predicted octanol–water partition coefficient (Wildman–Crippen LogP) is 2.15. The summed E-state index contributed by atoms with van der Waals surface area (Å²) in [5, 5.41) is 11.2. The van der Waals surface area contributed by atoms with Crippen molar-refractivity contribution in [1.82, 2.24) is 5.32 Å². The molecule has 1 amide bonds. The Bertz CT molecular complexity index is 245.